The Morgan fingerprint density at radius 3 is 2.22 bits per heavy atom. The number of para-hydroxylation sites is 2. The van der Waals surface area contributed by atoms with Gasteiger partial charge in [-0.05, 0) is 118 Å². The van der Waals surface area contributed by atoms with E-state index in [1.165, 1.54) is 83.6 Å². The van der Waals surface area contributed by atoms with Crippen LogP contribution in [0.4, 0.5) is 16.4 Å². The second kappa shape index (κ2) is 9.92. The molecular weight excluding hydrogens is 615 g/mol. The summed E-state index contributed by atoms with van der Waals surface area (Å²) in [5, 5.41) is 4.84. The van der Waals surface area contributed by atoms with E-state index in [9.17, 15) is 0 Å². The third-order valence-corrected chi connectivity index (χ3v) is 12.7. The Bertz CT molecular complexity index is 2690. The molecule has 0 saturated carbocycles. The van der Waals surface area contributed by atoms with Crippen LogP contribution in [0.15, 0.2) is 95.4 Å². The van der Waals surface area contributed by atoms with Crippen LogP contribution in [0.2, 0.25) is 0 Å². The lowest BCUT2D eigenvalue weighted by Crippen LogP contribution is -2.40. The molecule has 0 unspecified atom stereocenters. The van der Waals surface area contributed by atoms with E-state index in [1.54, 1.807) is 0 Å². The van der Waals surface area contributed by atoms with Crippen molar-refractivity contribution in [3.05, 3.63) is 113 Å². The first-order valence-corrected chi connectivity index (χ1v) is 18.3. The lowest BCUT2D eigenvalue weighted by atomic mass is 9.58. The number of benzene rings is 5. The second-order valence-electron chi connectivity index (χ2n) is 15.6. The second-order valence-corrected chi connectivity index (χ2v) is 16.7. The topological polar surface area (TPSA) is 32.2 Å². The molecule has 3 aromatic heterocycles. The Balaban J connectivity index is 1.26. The summed E-state index contributed by atoms with van der Waals surface area (Å²) < 4.78 is 7.75. The number of furan rings is 1. The molecule has 0 fully saturated rings. The molecule has 10 rings (SSSR count). The van der Waals surface area contributed by atoms with Crippen LogP contribution >= 0.6 is 11.3 Å². The number of aryl methyl sites for hydroxylation is 2. The quantitative estimate of drug-likeness (QED) is 0.188. The van der Waals surface area contributed by atoms with Crippen LogP contribution in [0, 0.1) is 13.8 Å². The average Bonchev–Trinajstić information content (AvgIpc) is 3.76. The molecule has 1 N–H and O–H groups in total. The van der Waals surface area contributed by atoms with E-state index >= 15 is 0 Å². The Morgan fingerprint density at radius 1 is 0.694 bits per heavy atom. The van der Waals surface area contributed by atoms with Gasteiger partial charge in [-0.1, -0.05) is 82.3 Å². The number of H-pyrrole nitrogens is 1. The number of thiophene rings is 1. The summed E-state index contributed by atoms with van der Waals surface area (Å²) in [5.74, 6) is 0. The van der Waals surface area contributed by atoms with Gasteiger partial charge in [0.05, 0.1) is 21.7 Å². The molecule has 0 amide bonds. The number of aromatic nitrogens is 1. The van der Waals surface area contributed by atoms with Crippen molar-refractivity contribution in [3.8, 4) is 11.1 Å². The van der Waals surface area contributed by atoms with E-state index in [2.05, 4.69) is 138 Å². The molecular formula is C44H38BN2OS. The smallest absolute Gasteiger partial charge is 0.199 e. The molecule has 5 aromatic carbocycles. The van der Waals surface area contributed by atoms with Crippen molar-refractivity contribution >= 4 is 89.0 Å². The predicted octanol–water partition coefficient (Wildman–Crippen LogP) is 11.4. The van der Waals surface area contributed by atoms with Crippen molar-refractivity contribution < 1.29 is 4.42 Å². The minimum atomic E-state index is 0.114. The Morgan fingerprint density at radius 2 is 1.41 bits per heavy atom. The fourth-order valence-corrected chi connectivity index (χ4v) is 9.94. The first kappa shape index (κ1) is 29.2. The molecule has 1 aliphatic carbocycles. The molecule has 1 aliphatic heterocycles. The van der Waals surface area contributed by atoms with Crippen molar-refractivity contribution in [2.45, 2.75) is 65.2 Å². The third kappa shape index (κ3) is 4.09. The Labute approximate surface area is 291 Å². The first-order chi connectivity index (χ1) is 23.6. The van der Waals surface area contributed by atoms with E-state index in [0.717, 1.165) is 33.0 Å². The number of fused-ring (bicyclic) bond motifs is 10. The summed E-state index contributed by atoms with van der Waals surface area (Å²) >= 11 is 1.90. The van der Waals surface area contributed by atoms with Crippen molar-refractivity contribution in [2.24, 2.45) is 0 Å². The van der Waals surface area contributed by atoms with Gasteiger partial charge in [-0.2, -0.15) is 0 Å². The van der Waals surface area contributed by atoms with Crippen LogP contribution in [0.5, 0.6) is 0 Å². The number of nitrogens with one attached hydrogen (secondary N) is 1. The van der Waals surface area contributed by atoms with Gasteiger partial charge in [0, 0.05) is 26.7 Å². The van der Waals surface area contributed by atoms with Crippen molar-refractivity contribution in [1.29, 1.82) is 0 Å². The number of rotatable bonds is 2. The van der Waals surface area contributed by atoms with E-state index in [4.69, 9.17) is 4.42 Å². The van der Waals surface area contributed by atoms with Gasteiger partial charge in [-0.15, -0.1) is 11.3 Å². The monoisotopic (exact) mass is 653 g/mol. The molecule has 5 heteroatoms. The van der Waals surface area contributed by atoms with Gasteiger partial charge < -0.3 is 14.3 Å². The maximum atomic E-state index is 6.44. The highest BCUT2D eigenvalue weighted by atomic mass is 32.1. The van der Waals surface area contributed by atoms with Gasteiger partial charge in [-0.3, -0.25) is 0 Å². The summed E-state index contributed by atoms with van der Waals surface area (Å²) in [6.45, 7) is 14.3. The lowest BCUT2D eigenvalue weighted by Gasteiger charge is -2.43. The normalized spacial score (nSPS) is 16.2. The van der Waals surface area contributed by atoms with Crippen molar-refractivity contribution in [2.75, 3.05) is 4.90 Å². The maximum Gasteiger partial charge on any atom is 0.199 e. The lowest BCUT2D eigenvalue weighted by molar-refractivity contribution is 0.332. The minimum Gasteiger partial charge on any atom is -0.454 e. The van der Waals surface area contributed by atoms with Gasteiger partial charge >= 0.3 is 0 Å². The van der Waals surface area contributed by atoms with Crippen LogP contribution in [0.1, 0.15) is 62.8 Å². The number of hydrogen-bond donors (Lipinski definition) is 1. The molecule has 8 aromatic rings. The molecule has 0 saturated heterocycles. The zero-order valence-corrected chi connectivity index (χ0v) is 29.7. The van der Waals surface area contributed by atoms with Crippen molar-refractivity contribution in [3.63, 3.8) is 0 Å². The van der Waals surface area contributed by atoms with E-state index in [0.29, 0.717) is 0 Å². The Hall–Kier alpha value is -4.74. The molecule has 4 heterocycles. The Kier molecular flexibility index (Phi) is 5.91. The van der Waals surface area contributed by atoms with Crippen LogP contribution in [0.3, 0.4) is 0 Å². The van der Waals surface area contributed by atoms with E-state index < -0.39 is 0 Å². The highest BCUT2D eigenvalue weighted by Crippen LogP contribution is 2.51. The SMILES string of the molecule is Cc1cc(-c2cccc3c2[nH]c2c4ccccc4oc32)c2c(c1)N(c1cc3c(cc1C)C(C)(C)CCC3(C)C)c1sc3ccccc3c1[B]2. The zero-order valence-electron chi connectivity index (χ0n) is 28.9. The fraction of sp³-hybridized carbons (Fsp3) is 0.227. The largest absolute Gasteiger partial charge is 0.454 e. The summed E-state index contributed by atoms with van der Waals surface area (Å²) in [4.78, 5) is 6.41. The van der Waals surface area contributed by atoms with Crippen molar-refractivity contribution in [1.82, 2.24) is 4.98 Å². The summed E-state index contributed by atoms with van der Waals surface area (Å²) in [7, 11) is 2.46. The summed E-state index contributed by atoms with van der Waals surface area (Å²) in [6.07, 6.45) is 2.40. The fourth-order valence-electron chi connectivity index (χ4n) is 8.73. The summed E-state index contributed by atoms with van der Waals surface area (Å²) in [5.41, 5.74) is 17.3. The highest BCUT2D eigenvalue weighted by Gasteiger charge is 2.39. The molecule has 0 atom stereocenters. The van der Waals surface area contributed by atoms with Gasteiger partial charge in [0.1, 0.15) is 5.58 Å². The van der Waals surface area contributed by atoms with Gasteiger partial charge in [-0.25, -0.2) is 0 Å². The van der Waals surface area contributed by atoms with Crippen LogP contribution in [-0.2, 0) is 10.8 Å². The molecule has 49 heavy (non-hydrogen) atoms. The van der Waals surface area contributed by atoms with Gasteiger partial charge in [0.2, 0.25) is 0 Å². The van der Waals surface area contributed by atoms with Gasteiger partial charge in [0.25, 0.3) is 0 Å². The van der Waals surface area contributed by atoms with E-state index in [1.807, 2.05) is 23.5 Å². The first-order valence-electron chi connectivity index (χ1n) is 17.5. The number of anilines is 3. The number of hydrogen-bond acceptors (Lipinski definition) is 3. The molecule has 3 nitrogen and oxygen atoms in total. The number of aromatic amines is 1. The molecule has 0 spiro atoms. The van der Waals surface area contributed by atoms with Gasteiger partial charge in [0.15, 0.2) is 12.9 Å². The minimum absolute atomic E-state index is 0.114. The molecule has 0 bridgehead atoms. The van der Waals surface area contributed by atoms with Crippen LogP contribution < -0.4 is 15.8 Å². The predicted molar refractivity (Wildman–Crippen MR) is 211 cm³/mol. The maximum absolute atomic E-state index is 6.44. The molecule has 1 radical (unpaired) electrons. The van der Waals surface area contributed by atoms with E-state index in [-0.39, 0.29) is 10.8 Å². The zero-order chi connectivity index (χ0) is 33.4. The average molecular weight is 654 g/mol. The number of nitrogens with zero attached hydrogens (tertiary/aromatic N) is 1. The highest BCUT2D eigenvalue weighted by molar-refractivity contribution is 7.25. The summed E-state index contributed by atoms with van der Waals surface area (Å²) in [6, 6.07) is 33.6. The third-order valence-electron chi connectivity index (χ3n) is 11.5. The molecule has 2 aliphatic rings. The standard InChI is InChI=1S/C44H38BN2OS/c1-24-20-30(26-14-11-15-29-39(26)46-40-27-12-7-9-16-35(27)48-41(29)40)37-34(21-24)47(42-38(45-37)28-13-8-10-17-36(28)49-42)33-23-32-31(22-25(33)2)43(3,4)18-19-44(32,5)6/h7-17,20-23,46H,18-19H2,1-6H3. The van der Waals surface area contributed by atoms with Crippen LogP contribution in [-0.4, -0.2) is 12.3 Å². The van der Waals surface area contributed by atoms with Crippen LogP contribution in [0.25, 0.3) is 54.2 Å². The molecule has 239 valence electrons.